The van der Waals surface area contributed by atoms with Gasteiger partial charge in [0.15, 0.2) is 0 Å². The average molecular weight is 268 g/mol. The lowest BCUT2D eigenvalue weighted by Gasteiger charge is -2.08. The molecule has 2 rings (SSSR count). The van der Waals surface area contributed by atoms with Crippen LogP contribution in [0.3, 0.4) is 0 Å². The van der Waals surface area contributed by atoms with Crippen molar-refractivity contribution in [2.24, 2.45) is 7.05 Å². The molecule has 0 fully saturated rings. The van der Waals surface area contributed by atoms with Gasteiger partial charge in [-0.15, -0.1) is 0 Å². The first kappa shape index (κ1) is 14.3. The van der Waals surface area contributed by atoms with Crippen molar-refractivity contribution >= 4 is 0 Å². The summed E-state index contributed by atoms with van der Waals surface area (Å²) in [6.45, 7) is 5.68. The van der Waals surface area contributed by atoms with E-state index in [-0.39, 0.29) is 0 Å². The molecule has 0 saturated heterocycles. The van der Waals surface area contributed by atoms with Gasteiger partial charge in [0.25, 0.3) is 0 Å². The molecule has 0 aliphatic heterocycles. The number of rotatable bonds is 5. The fraction of sp³-hybridized carbons (Fsp3) is 0.375. The molecule has 2 aromatic heterocycles. The topological polar surface area (TPSA) is 53.6 Å². The third-order valence-corrected chi connectivity index (χ3v) is 3.73. The van der Waals surface area contributed by atoms with E-state index >= 15 is 0 Å². The minimum absolute atomic E-state index is 0.700. The largest absolute Gasteiger partial charge is 0.340 e. The van der Waals surface area contributed by atoms with Crippen LogP contribution in [0.1, 0.15) is 35.1 Å². The van der Waals surface area contributed by atoms with Gasteiger partial charge in [-0.05, 0) is 36.6 Å². The summed E-state index contributed by atoms with van der Waals surface area (Å²) in [5.74, 6) is 0. The Morgan fingerprint density at radius 1 is 1.35 bits per heavy atom. The Balaban J connectivity index is 2.02. The lowest BCUT2D eigenvalue weighted by molar-refractivity contribution is 0.668. The number of hydrogen-bond donors (Lipinski definition) is 1. The SMILES string of the molecule is CCc1cccnc1CNCc1cc(C#N)n(C)c1C. The van der Waals surface area contributed by atoms with E-state index in [9.17, 15) is 0 Å². The highest BCUT2D eigenvalue weighted by Crippen LogP contribution is 2.13. The van der Waals surface area contributed by atoms with Gasteiger partial charge in [0.05, 0.1) is 5.69 Å². The quantitative estimate of drug-likeness (QED) is 0.906. The summed E-state index contributed by atoms with van der Waals surface area (Å²) in [6, 6.07) is 8.24. The molecule has 2 aromatic rings. The fourth-order valence-corrected chi connectivity index (χ4v) is 2.32. The Morgan fingerprint density at radius 2 is 2.15 bits per heavy atom. The van der Waals surface area contributed by atoms with Crippen molar-refractivity contribution in [2.75, 3.05) is 0 Å². The van der Waals surface area contributed by atoms with Crippen molar-refractivity contribution in [2.45, 2.75) is 33.4 Å². The minimum atomic E-state index is 0.700. The molecule has 2 heterocycles. The maximum Gasteiger partial charge on any atom is 0.120 e. The zero-order chi connectivity index (χ0) is 14.5. The lowest BCUT2D eigenvalue weighted by Crippen LogP contribution is -2.15. The maximum atomic E-state index is 9.03. The fourth-order valence-electron chi connectivity index (χ4n) is 2.32. The highest BCUT2D eigenvalue weighted by molar-refractivity contribution is 5.34. The molecule has 0 spiro atoms. The van der Waals surface area contributed by atoms with Crippen LogP contribution in [0.5, 0.6) is 0 Å². The molecule has 0 saturated carbocycles. The summed E-state index contributed by atoms with van der Waals surface area (Å²) in [5.41, 5.74) is 5.38. The van der Waals surface area contributed by atoms with Gasteiger partial charge >= 0.3 is 0 Å². The van der Waals surface area contributed by atoms with E-state index in [1.54, 1.807) is 0 Å². The Hall–Kier alpha value is -2.12. The highest BCUT2D eigenvalue weighted by atomic mass is 15.0. The van der Waals surface area contributed by atoms with Crippen molar-refractivity contribution in [1.29, 1.82) is 5.26 Å². The summed E-state index contributed by atoms with van der Waals surface area (Å²) >= 11 is 0. The summed E-state index contributed by atoms with van der Waals surface area (Å²) in [7, 11) is 1.92. The van der Waals surface area contributed by atoms with Gasteiger partial charge in [0, 0.05) is 32.0 Å². The monoisotopic (exact) mass is 268 g/mol. The second-order valence-corrected chi connectivity index (χ2v) is 4.88. The van der Waals surface area contributed by atoms with Crippen molar-refractivity contribution < 1.29 is 0 Å². The van der Waals surface area contributed by atoms with E-state index in [0.717, 1.165) is 36.5 Å². The van der Waals surface area contributed by atoms with E-state index in [1.807, 2.05) is 36.9 Å². The number of nitrogens with one attached hydrogen (secondary N) is 1. The van der Waals surface area contributed by atoms with Gasteiger partial charge in [-0.1, -0.05) is 13.0 Å². The predicted octanol–water partition coefficient (Wildman–Crippen LogP) is 2.45. The minimum Gasteiger partial charge on any atom is -0.340 e. The molecule has 0 aliphatic rings. The van der Waals surface area contributed by atoms with Crippen molar-refractivity contribution in [3.05, 3.63) is 52.6 Å². The number of pyridine rings is 1. The molecular formula is C16H20N4. The van der Waals surface area contributed by atoms with Crippen molar-refractivity contribution in [1.82, 2.24) is 14.9 Å². The molecule has 4 heteroatoms. The molecule has 0 atom stereocenters. The third-order valence-electron chi connectivity index (χ3n) is 3.73. The Labute approximate surface area is 120 Å². The average Bonchev–Trinajstić information content (AvgIpc) is 2.75. The number of nitrogens with zero attached hydrogens (tertiary/aromatic N) is 3. The second kappa shape index (κ2) is 6.36. The van der Waals surface area contributed by atoms with Crippen LogP contribution < -0.4 is 5.32 Å². The van der Waals surface area contributed by atoms with Gasteiger partial charge < -0.3 is 9.88 Å². The summed E-state index contributed by atoms with van der Waals surface area (Å²) < 4.78 is 1.93. The number of nitriles is 1. The summed E-state index contributed by atoms with van der Waals surface area (Å²) in [6.07, 6.45) is 2.82. The molecule has 104 valence electrons. The molecule has 1 N–H and O–H groups in total. The van der Waals surface area contributed by atoms with Gasteiger partial charge in [0.1, 0.15) is 11.8 Å². The smallest absolute Gasteiger partial charge is 0.120 e. The Kier molecular flexibility index (Phi) is 4.54. The Morgan fingerprint density at radius 3 is 2.80 bits per heavy atom. The van der Waals surface area contributed by atoms with Gasteiger partial charge in [-0.2, -0.15) is 5.26 Å². The molecule has 0 aromatic carbocycles. The maximum absolute atomic E-state index is 9.03. The normalized spacial score (nSPS) is 10.5. The molecular weight excluding hydrogens is 248 g/mol. The van der Waals surface area contributed by atoms with E-state index in [2.05, 4.69) is 29.4 Å². The van der Waals surface area contributed by atoms with Crippen LogP contribution in [-0.2, 0) is 26.6 Å². The summed E-state index contributed by atoms with van der Waals surface area (Å²) in [5, 5.41) is 12.4. The number of aryl methyl sites for hydroxylation is 1. The standard InChI is InChI=1S/C16H20N4/c1-4-13-6-5-7-19-16(13)11-18-10-14-8-15(9-17)20(3)12(14)2/h5-8,18H,4,10-11H2,1-3H3. The summed E-state index contributed by atoms with van der Waals surface area (Å²) in [4.78, 5) is 4.42. The predicted molar refractivity (Wildman–Crippen MR) is 79.0 cm³/mol. The van der Waals surface area contributed by atoms with Gasteiger partial charge in [0.2, 0.25) is 0 Å². The van der Waals surface area contributed by atoms with E-state index in [1.165, 1.54) is 5.56 Å². The van der Waals surface area contributed by atoms with Crippen molar-refractivity contribution in [3.63, 3.8) is 0 Å². The molecule has 4 nitrogen and oxygen atoms in total. The third kappa shape index (κ3) is 2.89. The molecule has 0 aliphatic carbocycles. The molecule has 0 unspecified atom stereocenters. The second-order valence-electron chi connectivity index (χ2n) is 4.88. The van der Waals surface area contributed by atoms with Crippen LogP contribution in [0, 0.1) is 18.3 Å². The van der Waals surface area contributed by atoms with Gasteiger partial charge in [-0.25, -0.2) is 0 Å². The molecule has 20 heavy (non-hydrogen) atoms. The van der Waals surface area contributed by atoms with E-state index in [0.29, 0.717) is 5.69 Å². The van der Waals surface area contributed by atoms with E-state index in [4.69, 9.17) is 5.26 Å². The van der Waals surface area contributed by atoms with E-state index < -0.39 is 0 Å². The van der Waals surface area contributed by atoms with Crippen LogP contribution in [0.15, 0.2) is 24.4 Å². The zero-order valence-corrected chi connectivity index (χ0v) is 12.3. The number of hydrogen-bond acceptors (Lipinski definition) is 3. The molecule has 0 bridgehead atoms. The Bertz CT molecular complexity index is 634. The van der Waals surface area contributed by atoms with Gasteiger partial charge in [-0.3, -0.25) is 4.98 Å². The highest BCUT2D eigenvalue weighted by Gasteiger charge is 2.08. The first-order valence-electron chi connectivity index (χ1n) is 6.86. The van der Waals surface area contributed by atoms with Crippen LogP contribution in [0.4, 0.5) is 0 Å². The number of aromatic nitrogens is 2. The molecule has 0 amide bonds. The van der Waals surface area contributed by atoms with Crippen LogP contribution in [0.2, 0.25) is 0 Å². The molecule has 0 radical (unpaired) electrons. The van der Waals surface area contributed by atoms with Crippen LogP contribution in [0.25, 0.3) is 0 Å². The first-order valence-corrected chi connectivity index (χ1v) is 6.86. The first-order chi connectivity index (χ1) is 9.67. The zero-order valence-electron chi connectivity index (χ0n) is 12.3. The van der Waals surface area contributed by atoms with Crippen molar-refractivity contribution in [3.8, 4) is 6.07 Å². The van der Waals surface area contributed by atoms with Crippen LogP contribution >= 0.6 is 0 Å². The lowest BCUT2D eigenvalue weighted by atomic mass is 10.1. The van der Waals surface area contributed by atoms with Crippen LogP contribution in [-0.4, -0.2) is 9.55 Å².